The number of rotatable bonds is 3. The van der Waals surface area contributed by atoms with Crippen LogP contribution < -0.4 is 11.1 Å². The molecule has 0 saturated carbocycles. The summed E-state index contributed by atoms with van der Waals surface area (Å²) in [6.07, 6.45) is 0. The molecule has 104 valence electrons. The van der Waals surface area contributed by atoms with Crippen molar-refractivity contribution in [2.24, 2.45) is 0 Å². The summed E-state index contributed by atoms with van der Waals surface area (Å²) in [5.74, 6) is -0.170. The lowest BCUT2D eigenvalue weighted by Gasteiger charge is -2.10. The van der Waals surface area contributed by atoms with Crippen molar-refractivity contribution in [1.29, 1.82) is 0 Å². The molecule has 0 unspecified atom stereocenters. The van der Waals surface area contributed by atoms with Gasteiger partial charge in [0.2, 0.25) is 0 Å². The van der Waals surface area contributed by atoms with Crippen molar-refractivity contribution in [3.63, 3.8) is 0 Å². The molecule has 20 heavy (non-hydrogen) atoms. The second-order valence-corrected chi connectivity index (χ2v) is 4.52. The summed E-state index contributed by atoms with van der Waals surface area (Å²) in [5, 5.41) is 21.9. The maximum atomic E-state index is 12.1. The Labute approximate surface area is 116 Å². The molecule has 5 heteroatoms. The van der Waals surface area contributed by atoms with Gasteiger partial charge in [0.1, 0.15) is 11.5 Å². The minimum Gasteiger partial charge on any atom is -0.508 e. The van der Waals surface area contributed by atoms with Crippen LogP contribution in [0.4, 0.5) is 5.69 Å². The second-order valence-electron chi connectivity index (χ2n) is 4.52. The Hall–Kier alpha value is -2.69. The minimum atomic E-state index is -0.319. The molecular weight excluding hydrogens is 256 g/mol. The molecule has 0 spiro atoms. The van der Waals surface area contributed by atoms with Gasteiger partial charge >= 0.3 is 0 Å². The summed E-state index contributed by atoms with van der Waals surface area (Å²) in [5.41, 5.74) is 7.60. The summed E-state index contributed by atoms with van der Waals surface area (Å²) in [4.78, 5) is 12.1. The van der Waals surface area contributed by atoms with Crippen molar-refractivity contribution >= 4 is 11.6 Å². The molecule has 5 N–H and O–H groups in total. The average molecular weight is 272 g/mol. The van der Waals surface area contributed by atoms with Gasteiger partial charge in [-0.05, 0) is 37.3 Å². The van der Waals surface area contributed by atoms with Gasteiger partial charge in [-0.15, -0.1) is 0 Å². The van der Waals surface area contributed by atoms with E-state index in [9.17, 15) is 15.0 Å². The fourth-order valence-electron chi connectivity index (χ4n) is 1.89. The third-order valence-corrected chi connectivity index (χ3v) is 3.09. The Morgan fingerprint density at radius 3 is 2.70 bits per heavy atom. The molecule has 0 atom stereocenters. The molecular formula is C15H16N2O3. The van der Waals surface area contributed by atoms with E-state index in [2.05, 4.69) is 5.32 Å². The van der Waals surface area contributed by atoms with Gasteiger partial charge in [0.05, 0.1) is 0 Å². The van der Waals surface area contributed by atoms with Crippen LogP contribution in [-0.2, 0) is 6.54 Å². The molecule has 1 amide bonds. The highest BCUT2D eigenvalue weighted by atomic mass is 16.3. The molecule has 2 aromatic rings. The number of phenolic OH excluding ortho intramolecular Hbond substituents is 2. The molecule has 0 aromatic heterocycles. The second kappa shape index (κ2) is 5.52. The van der Waals surface area contributed by atoms with Gasteiger partial charge in [-0.2, -0.15) is 0 Å². The molecule has 0 bridgehead atoms. The highest BCUT2D eigenvalue weighted by molar-refractivity contribution is 5.96. The van der Waals surface area contributed by atoms with Gasteiger partial charge in [0.25, 0.3) is 5.91 Å². The molecule has 0 aliphatic heterocycles. The van der Waals surface area contributed by atoms with E-state index in [0.29, 0.717) is 22.4 Å². The summed E-state index contributed by atoms with van der Waals surface area (Å²) in [6, 6.07) is 9.43. The van der Waals surface area contributed by atoms with E-state index in [1.807, 2.05) is 0 Å². The average Bonchev–Trinajstić information content (AvgIpc) is 2.42. The number of aromatic hydroxyl groups is 2. The molecule has 0 aliphatic carbocycles. The van der Waals surface area contributed by atoms with Crippen molar-refractivity contribution in [1.82, 2.24) is 5.32 Å². The normalized spacial score (nSPS) is 10.2. The van der Waals surface area contributed by atoms with Crippen molar-refractivity contribution in [3.8, 4) is 11.5 Å². The first-order valence-electron chi connectivity index (χ1n) is 6.13. The van der Waals surface area contributed by atoms with E-state index in [1.54, 1.807) is 31.2 Å². The van der Waals surface area contributed by atoms with Crippen LogP contribution in [0.15, 0.2) is 36.4 Å². The summed E-state index contributed by atoms with van der Waals surface area (Å²) in [7, 11) is 0. The Morgan fingerprint density at radius 1 is 1.20 bits per heavy atom. The van der Waals surface area contributed by atoms with Crippen LogP contribution in [-0.4, -0.2) is 16.1 Å². The number of anilines is 1. The Bertz CT molecular complexity index is 654. The van der Waals surface area contributed by atoms with E-state index in [4.69, 9.17) is 5.73 Å². The zero-order chi connectivity index (χ0) is 14.7. The maximum Gasteiger partial charge on any atom is 0.251 e. The van der Waals surface area contributed by atoms with E-state index < -0.39 is 0 Å². The topological polar surface area (TPSA) is 95.6 Å². The zero-order valence-electron chi connectivity index (χ0n) is 11.1. The molecule has 0 saturated heterocycles. The van der Waals surface area contributed by atoms with Crippen LogP contribution in [0.25, 0.3) is 0 Å². The molecule has 0 fully saturated rings. The number of amides is 1. The summed E-state index contributed by atoms with van der Waals surface area (Å²) in [6.45, 7) is 1.83. The van der Waals surface area contributed by atoms with Crippen LogP contribution in [0.1, 0.15) is 21.5 Å². The largest absolute Gasteiger partial charge is 0.508 e. The van der Waals surface area contributed by atoms with Crippen molar-refractivity contribution in [3.05, 3.63) is 53.1 Å². The quantitative estimate of drug-likeness (QED) is 0.507. The predicted octanol–water partition coefficient (Wildman–Crippen LogP) is 1.92. The predicted molar refractivity (Wildman–Crippen MR) is 76.5 cm³/mol. The van der Waals surface area contributed by atoms with E-state index in [1.165, 1.54) is 12.1 Å². The third-order valence-electron chi connectivity index (χ3n) is 3.09. The fraction of sp³-hybridized carbons (Fsp3) is 0.133. The molecule has 2 rings (SSSR count). The van der Waals surface area contributed by atoms with Crippen LogP contribution in [0.3, 0.4) is 0 Å². The first-order chi connectivity index (χ1) is 9.49. The standard InChI is InChI=1S/C15H16N2O3/c1-9-12(3-2-4-13(9)18)15(20)17-8-10-7-11(16)5-6-14(10)19/h2-7,18-19H,8,16H2,1H3,(H,17,20). The number of carbonyl (C=O) groups excluding carboxylic acids is 1. The minimum absolute atomic E-state index is 0.0736. The Kier molecular flexibility index (Phi) is 3.79. The van der Waals surface area contributed by atoms with Crippen LogP contribution in [0.2, 0.25) is 0 Å². The molecule has 0 radical (unpaired) electrons. The third kappa shape index (κ3) is 2.83. The lowest BCUT2D eigenvalue weighted by molar-refractivity contribution is 0.0949. The number of phenols is 2. The maximum absolute atomic E-state index is 12.1. The number of benzene rings is 2. The van der Waals surface area contributed by atoms with E-state index >= 15 is 0 Å². The highest BCUT2D eigenvalue weighted by Gasteiger charge is 2.11. The first-order valence-corrected chi connectivity index (χ1v) is 6.13. The molecule has 0 aliphatic rings. The van der Waals surface area contributed by atoms with Gasteiger partial charge in [-0.25, -0.2) is 0 Å². The summed E-state index contributed by atoms with van der Waals surface area (Å²) < 4.78 is 0. The number of nitrogens with one attached hydrogen (secondary N) is 1. The zero-order valence-corrected chi connectivity index (χ0v) is 11.1. The number of nitrogen functional groups attached to an aromatic ring is 1. The first kappa shape index (κ1) is 13.7. The smallest absolute Gasteiger partial charge is 0.251 e. The fourth-order valence-corrected chi connectivity index (χ4v) is 1.89. The lowest BCUT2D eigenvalue weighted by Crippen LogP contribution is -2.23. The van der Waals surface area contributed by atoms with Gasteiger partial charge in [0, 0.05) is 28.9 Å². The van der Waals surface area contributed by atoms with Gasteiger partial charge in [0.15, 0.2) is 0 Å². The number of hydrogen-bond donors (Lipinski definition) is 4. The summed E-state index contributed by atoms with van der Waals surface area (Å²) >= 11 is 0. The SMILES string of the molecule is Cc1c(O)cccc1C(=O)NCc1cc(N)ccc1O. The lowest BCUT2D eigenvalue weighted by atomic mass is 10.1. The van der Waals surface area contributed by atoms with Crippen LogP contribution in [0.5, 0.6) is 11.5 Å². The van der Waals surface area contributed by atoms with Crippen LogP contribution in [0, 0.1) is 6.92 Å². The van der Waals surface area contributed by atoms with Crippen molar-refractivity contribution < 1.29 is 15.0 Å². The van der Waals surface area contributed by atoms with Crippen molar-refractivity contribution in [2.75, 3.05) is 5.73 Å². The van der Waals surface area contributed by atoms with E-state index in [-0.39, 0.29) is 24.0 Å². The molecule has 2 aromatic carbocycles. The molecule has 5 nitrogen and oxygen atoms in total. The Morgan fingerprint density at radius 2 is 1.95 bits per heavy atom. The van der Waals surface area contributed by atoms with Gasteiger partial charge in [-0.3, -0.25) is 4.79 Å². The number of carbonyl (C=O) groups is 1. The van der Waals surface area contributed by atoms with Crippen molar-refractivity contribution in [2.45, 2.75) is 13.5 Å². The number of hydrogen-bond acceptors (Lipinski definition) is 4. The van der Waals surface area contributed by atoms with Gasteiger partial charge < -0.3 is 21.3 Å². The van der Waals surface area contributed by atoms with E-state index in [0.717, 1.165) is 0 Å². The number of nitrogens with two attached hydrogens (primary N) is 1. The van der Waals surface area contributed by atoms with Gasteiger partial charge in [-0.1, -0.05) is 6.07 Å². The molecule has 0 heterocycles. The highest BCUT2D eigenvalue weighted by Crippen LogP contribution is 2.21. The Balaban J connectivity index is 2.13. The van der Waals surface area contributed by atoms with Crippen LogP contribution >= 0.6 is 0 Å². The monoisotopic (exact) mass is 272 g/mol.